The third-order valence-corrected chi connectivity index (χ3v) is 3.90. The number of carbonyl (C=O) groups is 1. The summed E-state index contributed by atoms with van der Waals surface area (Å²) >= 11 is 0. The molecule has 106 valence electrons. The van der Waals surface area contributed by atoms with Gasteiger partial charge in [0.25, 0.3) is 5.91 Å². The van der Waals surface area contributed by atoms with Crippen LogP contribution in [0, 0.1) is 0 Å². The highest BCUT2D eigenvalue weighted by Gasteiger charge is 2.14. The van der Waals surface area contributed by atoms with Crippen molar-refractivity contribution in [3.63, 3.8) is 0 Å². The van der Waals surface area contributed by atoms with Gasteiger partial charge in [-0.3, -0.25) is 9.18 Å². The number of sulfonamides is 1. The molecule has 5 nitrogen and oxygen atoms in total. The quantitative estimate of drug-likeness (QED) is 0.795. The van der Waals surface area contributed by atoms with Gasteiger partial charge in [0.2, 0.25) is 10.0 Å². The second-order valence-corrected chi connectivity index (χ2v) is 5.93. The van der Waals surface area contributed by atoms with E-state index in [4.69, 9.17) is 0 Å². The molecule has 0 aliphatic rings. The Morgan fingerprint density at radius 3 is 2.32 bits per heavy atom. The van der Waals surface area contributed by atoms with Crippen LogP contribution < -0.4 is 4.72 Å². The molecule has 1 N–H and O–H groups in total. The summed E-state index contributed by atoms with van der Waals surface area (Å²) in [6.45, 7) is -0.518. The number of carbonyl (C=O) groups excluding carboxylic acids is 1. The molecule has 0 radical (unpaired) electrons. The van der Waals surface area contributed by atoms with E-state index in [0.29, 0.717) is 5.56 Å². The van der Waals surface area contributed by atoms with Gasteiger partial charge in [-0.1, -0.05) is 0 Å². The lowest BCUT2D eigenvalue weighted by atomic mass is 10.2. The number of halogens is 1. The van der Waals surface area contributed by atoms with E-state index in [1.54, 1.807) is 14.1 Å². The van der Waals surface area contributed by atoms with E-state index in [1.165, 1.54) is 29.2 Å². The van der Waals surface area contributed by atoms with Crippen LogP contribution in [0.15, 0.2) is 29.2 Å². The van der Waals surface area contributed by atoms with Crippen molar-refractivity contribution in [3.05, 3.63) is 29.8 Å². The minimum atomic E-state index is -3.64. The summed E-state index contributed by atoms with van der Waals surface area (Å²) in [4.78, 5) is 13.1. The second-order valence-electron chi connectivity index (χ2n) is 4.16. The van der Waals surface area contributed by atoms with Gasteiger partial charge in [0.1, 0.15) is 0 Å². The summed E-state index contributed by atoms with van der Waals surface area (Å²) in [7, 11) is -0.404. The first-order valence-corrected chi connectivity index (χ1v) is 7.24. The number of rotatable bonds is 6. The normalized spacial score (nSPS) is 11.3. The number of hydrogen-bond acceptors (Lipinski definition) is 3. The highest BCUT2D eigenvalue weighted by molar-refractivity contribution is 7.89. The monoisotopic (exact) mass is 288 g/mol. The molecule has 0 saturated carbocycles. The first kappa shape index (κ1) is 15.6. The predicted molar refractivity (Wildman–Crippen MR) is 70.2 cm³/mol. The molecular weight excluding hydrogens is 271 g/mol. The molecular formula is C12H17FN2O3S. The van der Waals surface area contributed by atoms with Crippen LogP contribution in [0.4, 0.5) is 4.39 Å². The summed E-state index contributed by atoms with van der Waals surface area (Å²) in [5.41, 5.74) is 0.410. The van der Waals surface area contributed by atoms with E-state index in [9.17, 15) is 17.6 Å². The van der Waals surface area contributed by atoms with Crippen LogP contribution >= 0.6 is 0 Å². The molecule has 0 unspecified atom stereocenters. The van der Waals surface area contributed by atoms with Gasteiger partial charge in [-0.25, -0.2) is 13.1 Å². The second kappa shape index (κ2) is 6.63. The zero-order valence-electron chi connectivity index (χ0n) is 10.9. The Morgan fingerprint density at radius 2 is 1.84 bits per heavy atom. The lowest BCUT2D eigenvalue weighted by molar-refractivity contribution is 0.0827. The largest absolute Gasteiger partial charge is 0.345 e. The highest BCUT2D eigenvalue weighted by Crippen LogP contribution is 2.11. The Hall–Kier alpha value is -1.47. The smallest absolute Gasteiger partial charge is 0.253 e. The van der Waals surface area contributed by atoms with Gasteiger partial charge in [0.05, 0.1) is 11.6 Å². The average Bonchev–Trinajstić information content (AvgIpc) is 2.38. The van der Waals surface area contributed by atoms with Crippen LogP contribution in [0.25, 0.3) is 0 Å². The van der Waals surface area contributed by atoms with Crippen LogP contribution in [0.5, 0.6) is 0 Å². The first-order valence-electron chi connectivity index (χ1n) is 5.76. The van der Waals surface area contributed by atoms with Crippen molar-refractivity contribution in [1.82, 2.24) is 9.62 Å². The number of hydrogen-bond donors (Lipinski definition) is 1. The molecule has 0 heterocycles. The summed E-state index contributed by atoms with van der Waals surface area (Å²) in [6.07, 6.45) is 0.135. The molecule has 0 aliphatic carbocycles. The summed E-state index contributed by atoms with van der Waals surface area (Å²) in [5, 5.41) is 0. The maximum Gasteiger partial charge on any atom is 0.253 e. The zero-order valence-corrected chi connectivity index (χ0v) is 11.7. The van der Waals surface area contributed by atoms with Gasteiger partial charge in [-0.15, -0.1) is 0 Å². The number of nitrogens with one attached hydrogen (secondary N) is 1. The van der Waals surface area contributed by atoms with Crippen molar-refractivity contribution in [3.8, 4) is 0 Å². The molecule has 1 aromatic rings. The fourth-order valence-corrected chi connectivity index (χ4v) is 2.47. The van der Waals surface area contributed by atoms with E-state index in [-0.39, 0.29) is 23.8 Å². The minimum Gasteiger partial charge on any atom is -0.345 e. The van der Waals surface area contributed by atoms with Crippen LogP contribution in [-0.4, -0.2) is 46.5 Å². The summed E-state index contributed by atoms with van der Waals surface area (Å²) < 4.78 is 37.8. The molecule has 7 heteroatoms. The van der Waals surface area contributed by atoms with Crippen LogP contribution in [0.3, 0.4) is 0 Å². The maximum absolute atomic E-state index is 11.9. The van der Waals surface area contributed by atoms with Crippen molar-refractivity contribution < 1.29 is 17.6 Å². The topological polar surface area (TPSA) is 66.5 Å². The Bertz CT molecular complexity index is 526. The Labute approximate surface area is 112 Å². The van der Waals surface area contributed by atoms with Crippen LogP contribution in [-0.2, 0) is 10.0 Å². The van der Waals surface area contributed by atoms with Crippen molar-refractivity contribution in [2.24, 2.45) is 0 Å². The molecule has 0 spiro atoms. The first-order chi connectivity index (χ1) is 8.88. The third-order valence-electron chi connectivity index (χ3n) is 2.42. The SMILES string of the molecule is CN(C)C(=O)c1ccc(S(=O)(=O)NCCCF)cc1. The van der Waals surface area contributed by atoms with E-state index in [0.717, 1.165) is 0 Å². The van der Waals surface area contributed by atoms with Crippen molar-refractivity contribution >= 4 is 15.9 Å². The standard InChI is InChI=1S/C12H17FN2O3S/c1-15(2)12(16)10-4-6-11(7-5-10)19(17,18)14-9-3-8-13/h4-7,14H,3,8-9H2,1-2H3. The molecule has 0 saturated heterocycles. The molecule has 19 heavy (non-hydrogen) atoms. The molecule has 0 fully saturated rings. The molecule has 0 aliphatic heterocycles. The molecule has 0 atom stereocenters. The average molecular weight is 288 g/mol. The van der Waals surface area contributed by atoms with E-state index < -0.39 is 16.7 Å². The van der Waals surface area contributed by atoms with Gasteiger partial charge in [0, 0.05) is 26.2 Å². The number of nitrogens with zero attached hydrogens (tertiary/aromatic N) is 1. The lowest BCUT2D eigenvalue weighted by Crippen LogP contribution is -2.25. The van der Waals surface area contributed by atoms with Gasteiger partial charge < -0.3 is 4.90 Å². The maximum atomic E-state index is 11.9. The fraction of sp³-hybridized carbons (Fsp3) is 0.417. The number of alkyl halides is 1. The number of amides is 1. The van der Waals surface area contributed by atoms with Crippen LogP contribution in [0.2, 0.25) is 0 Å². The predicted octanol–water partition coefficient (Wildman–Crippen LogP) is 1.03. The highest BCUT2D eigenvalue weighted by atomic mass is 32.2. The van der Waals surface area contributed by atoms with Crippen molar-refractivity contribution in [2.45, 2.75) is 11.3 Å². The summed E-state index contributed by atoms with van der Waals surface area (Å²) in [6, 6.07) is 5.61. The molecule has 1 aromatic carbocycles. The third kappa shape index (κ3) is 4.29. The molecule has 1 rings (SSSR count). The Balaban J connectivity index is 2.84. The molecule has 1 amide bonds. The van der Waals surface area contributed by atoms with Gasteiger partial charge in [-0.2, -0.15) is 0 Å². The lowest BCUT2D eigenvalue weighted by Gasteiger charge is -2.11. The number of benzene rings is 1. The van der Waals surface area contributed by atoms with Gasteiger partial charge >= 0.3 is 0 Å². The van der Waals surface area contributed by atoms with Gasteiger partial charge in [-0.05, 0) is 30.7 Å². The Morgan fingerprint density at radius 1 is 1.26 bits per heavy atom. The fourth-order valence-electron chi connectivity index (χ4n) is 1.39. The van der Waals surface area contributed by atoms with Crippen molar-refractivity contribution in [2.75, 3.05) is 27.3 Å². The molecule has 0 bridgehead atoms. The minimum absolute atomic E-state index is 0.0528. The Kier molecular flexibility index (Phi) is 5.44. The van der Waals surface area contributed by atoms with Gasteiger partial charge in [0.15, 0.2) is 0 Å². The van der Waals surface area contributed by atoms with Crippen LogP contribution in [0.1, 0.15) is 16.8 Å². The van der Waals surface area contributed by atoms with Crippen molar-refractivity contribution in [1.29, 1.82) is 0 Å². The van der Waals surface area contributed by atoms with E-state index >= 15 is 0 Å². The van der Waals surface area contributed by atoms with E-state index in [2.05, 4.69) is 4.72 Å². The summed E-state index contributed by atoms with van der Waals surface area (Å²) in [5.74, 6) is -0.200. The molecule has 0 aromatic heterocycles. The zero-order chi connectivity index (χ0) is 14.5. The van der Waals surface area contributed by atoms with E-state index in [1.807, 2.05) is 0 Å².